The number of hydrogen-bond acceptors (Lipinski definition) is 7. The molecule has 0 aromatic carbocycles. The molecule has 0 bridgehead atoms. The smallest absolute Gasteiger partial charge is 0.462 e. The summed E-state index contributed by atoms with van der Waals surface area (Å²) in [7, 11) is -3.19. The van der Waals surface area contributed by atoms with Crippen LogP contribution in [0.3, 0.4) is 0 Å². The maximum atomic E-state index is 12.5. The summed E-state index contributed by atoms with van der Waals surface area (Å²) < 4.78 is 32.0. The summed E-state index contributed by atoms with van der Waals surface area (Å²) in [6, 6.07) is 0. The van der Waals surface area contributed by atoms with Gasteiger partial charge in [0.2, 0.25) is 0 Å². The van der Waals surface area contributed by atoms with Crippen LogP contribution >= 0.6 is 7.82 Å². The van der Waals surface area contributed by atoms with Crippen LogP contribution in [0, 0.1) is 0 Å². The first-order valence-electron chi connectivity index (χ1n) is 22.4. The third-order valence-electron chi connectivity index (χ3n) is 10.0. The average molecular weight is 773 g/mol. The monoisotopic (exact) mass is 773 g/mol. The van der Waals surface area contributed by atoms with Gasteiger partial charge in [-0.15, -0.1) is 0 Å². The highest BCUT2D eigenvalue weighted by Gasteiger charge is 2.24. The zero-order chi connectivity index (χ0) is 38.9. The van der Waals surface area contributed by atoms with Crippen LogP contribution in [0.2, 0.25) is 0 Å². The van der Waals surface area contributed by atoms with Crippen molar-refractivity contribution < 1.29 is 37.6 Å². The number of phosphoric acid groups is 1. The zero-order valence-electron chi connectivity index (χ0n) is 34.9. The second-order valence-corrected chi connectivity index (χ2v) is 16.8. The number of carbonyl (C=O) groups excluding carboxylic acids is 2. The van der Waals surface area contributed by atoms with Gasteiger partial charge in [-0.2, -0.15) is 0 Å². The molecule has 0 radical (unpaired) electrons. The molecule has 0 aliphatic carbocycles. The quantitative estimate of drug-likeness (QED) is 0.0283. The minimum absolute atomic E-state index is 0.221. The molecule has 0 fully saturated rings. The first kappa shape index (κ1) is 51.8. The van der Waals surface area contributed by atoms with Gasteiger partial charge in [-0.05, 0) is 38.5 Å². The van der Waals surface area contributed by atoms with Crippen molar-refractivity contribution in [1.82, 2.24) is 0 Å². The summed E-state index contributed by atoms with van der Waals surface area (Å²) in [5.74, 6) is -0.795. The van der Waals surface area contributed by atoms with Gasteiger partial charge in [-0.25, -0.2) is 4.57 Å². The number of unbranched alkanes of at least 4 members (excludes halogenated alkanes) is 29. The second kappa shape index (κ2) is 40.5. The van der Waals surface area contributed by atoms with Crippen molar-refractivity contribution >= 4 is 19.8 Å². The van der Waals surface area contributed by atoms with E-state index in [0.717, 1.165) is 52.1 Å². The molecule has 8 nitrogen and oxygen atoms in total. The SMILES string of the molecule is CCCCCCCC/C=C\CCCCCCCCCC(=O)OC(COC(=O)CCCCCCCCCCCCCCCCCCC)COP(=O)(O)OC. The lowest BCUT2D eigenvalue weighted by molar-refractivity contribution is -0.161. The lowest BCUT2D eigenvalue weighted by atomic mass is 10.0. The number of esters is 2. The van der Waals surface area contributed by atoms with Crippen molar-refractivity contribution in [3.05, 3.63) is 12.2 Å². The van der Waals surface area contributed by atoms with Crippen LogP contribution in [-0.2, 0) is 32.7 Å². The fourth-order valence-corrected chi connectivity index (χ4v) is 7.00. The van der Waals surface area contributed by atoms with Crippen molar-refractivity contribution in [2.75, 3.05) is 20.3 Å². The summed E-state index contributed by atoms with van der Waals surface area (Å²) >= 11 is 0. The molecule has 0 heterocycles. The zero-order valence-corrected chi connectivity index (χ0v) is 35.8. The van der Waals surface area contributed by atoms with Gasteiger partial charge in [0.05, 0.1) is 6.61 Å². The van der Waals surface area contributed by atoms with Crippen LogP contribution in [0.25, 0.3) is 0 Å². The van der Waals surface area contributed by atoms with Gasteiger partial charge in [0, 0.05) is 20.0 Å². The topological polar surface area (TPSA) is 108 Å². The molecule has 0 aliphatic heterocycles. The molecule has 0 aromatic heterocycles. The van der Waals surface area contributed by atoms with Gasteiger partial charge in [-0.1, -0.05) is 193 Å². The number of ether oxygens (including phenoxy) is 2. The fraction of sp³-hybridized carbons (Fsp3) is 0.909. The number of rotatable bonds is 42. The molecule has 0 saturated carbocycles. The van der Waals surface area contributed by atoms with Crippen molar-refractivity contribution in [1.29, 1.82) is 0 Å². The molecule has 0 aliphatic rings. The van der Waals surface area contributed by atoms with Crippen LogP contribution in [0.5, 0.6) is 0 Å². The van der Waals surface area contributed by atoms with Crippen molar-refractivity contribution in [3.8, 4) is 0 Å². The van der Waals surface area contributed by atoms with Crippen LogP contribution in [0.1, 0.15) is 232 Å². The molecule has 9 heteroatoms. The molecular weight excluding hydrogens is 687 g/mol. The average Bonchev–Trinajstić information content (AvgIpc) is 3.15. The van der Waals surface area contributed by atoms with E-state index in [9.17, 15) is 19.0 Å². The molecule has 0 rings (SSSR count). The van der Waals surface area contributed by atoms with Gasteiger partial charge in [0.15, 0.2) is 6.10 Å². The van der Waals surface area contributed by atoms with Crippen molar-refractivity contribution in [2.45, 2.75) is 238 Å². The van der Waals surface area contributed by atoms with Crippen LogP contribution < -0.4 is 0 Å². The lowest BCUT2D eigenvalue weighted by Crippen LogP contribution is -2.29. The largest absolute Gasteiger partial charge is 0.472 e. The fourth-order valence-electron chi connectivity index (χ4n) is 6.54. The highest BCUT2D eigenvalue weighted by atomic mass is 31.2. The number of hydrogen-bond donors (Lipinski definition) is 1. The van der Waals surface area contributed by atoms with E-state index in [4.69, 9.17) is 14.0 Å². The molecule has 0 aromatic rings. The summed E-state index contributed by atoms with van der Waals surface area (Å²) in [5.41, 5.74) is 0. The first-order valence-corrected chi connectivity index (χ1v) is 23.9. The Labute approximate surface area is 327 Å². The molecular formula is C44H85O8P. The molecule has 53 heavy (non-hydrogen) atoms. The summed E-state index contributed by atoms with van der Waals surface area (Å²) in [4.78, 5) is 34.5. The minimum atomic E-state index is -4.26. The Hall–Kier alpha value is -1.21. The molecule has 2 atom stereocenters. The van der Waals surface area contributed by atoms with Gasteiger partial charge < -0.3 is 14.4 Å². The van der Waals surface area contributed by atoms with Crippen molar-refractivity contribution in [3.63, 3.8) is 0 Å². The highest BCUT2D eigenvalue weighted by Crippen LogP contribution is 2.42. The normalized spacial score (nSPS) is 13.4. The van der Waals surface area contributed by atoms with E-state index in [1.165, 1.54) is 154 Å². The maximum Gasteiger partial charge on any atom is 0.472 e. The van der Waals surface area contributed by atoms with E-state index >= 15 is 0 Å². The minimum Gasteiger partial charge on any atom is -0.462 e. The van der Waals surface area contributed by atoms with Crippen LogP contribution in [0.15, 0.2) is 12.2 Å². The summed E-state index contributed by atoms with van der Waals surface area (Å²) in [6.07, 6.45) is 44.0. The first-order chi connectivity index (χ1) is 25.8. The Morgan fingerprint density at radius 2 is 0.849 bits per heavy atom. The molecule has 314 valence electrons. The Kier molecular flexibility index (Phi) is 39.5. The van der Waals surface area contributed by atoms with E-state index in [0.29, 0.717) is 12.8 Å². The van der Waals surface area contributed by atoms with Crippen LogP contribution in [0.4, 0.5) is 0 Å². The van der Waals surface area contributed by atoms with E-state index in [-0.39, 0.29) is 19.0 Å². The third-order valence-corrected chi connectivity index (χ3v) is 10.9. The standard InChI is InChI=1S/C44H85O8P/c1-4-6-8-10-12-14-16-18-20-22-24-26-28-30-32-34-36-38-43(45)50-40-42(41-51-53(47,48)49-3)52-44(46)39-37-35-33-31-29-27-25-23-21-19-17-15-13-11-9-7-5-2/h19,21,42H,4-18,20,22-41H2,1-3H3,(H,47,48)/b21-19-. The van der Waals surface area contributed by atoms with E-state index < -0.39 is 26.5 Å². The van der Waals surface area contributed by atoms with Gasteiger partial charge in [0.25, 0.3) is 0 Å². The number of carbonyl (C=O) groups is 2. The summed E-state index contributed by atoms with van der Waals surface area (Å²) in [6.45, 7) is 3.91. The van der Waals surface area contributed by atoms with E-state index in [1.54, 1.807) is 0 Å². The predicted molar refractivity (Wildman–Crippen MR) is 221 cm³/mol. The molecule has 0 saturated heterocycles. The molecule has 0 amide bonds. The summed E-state index contributed by atoms with van der Waals surface area (Å²) in [5, 5.41) is 0. The van der Waals surface area contributed by atoms with Gasteiger partial charge >= 0.3 is 19.8 Å². The third kappa shape index (κ3) is 40.3. The molecule has 2 unspecified atom stereocenters. The Morgan fingerprint density at radius 1 is 0.509 bits per heavy atom. The van der Waals surface area contributed by atoms with Crippen LogP contribution in [-0.4, -0.2) is 43.3 Å². The number of phosphoric ester groups is 1. The molecule has 1 N–H and O–H groups in total. The maximum absolute atomic E-state index is 12.5. The highest BCUT2D eigenvalue weighted by molar-refractivity contribution is 7.47. The lowest BCUT2D eigenvalue weighted by Gasteiger charge is -2.19. The van der Waals surface area contributed by atoms with E-state index in [1.807, 2.05) is 0 Å². The second-order valence-electron chi connectivity index (χ2n) is 15.2. The molecule has 0 spiro atoms. The van der Waals surface area contributed by atoms with Gasteiger partial charge in [-0.3, -0.25) is 18.6 Å². The van der Waals surface area contributed by atoms with E-state index in [2.05, 4.69) is 30.5 Å². The Balaban J connectivity index is 3.94. The van der Waals surface area contributed by atoms with Crippen molar-refractivity contribution in [2.24, 2.45) is 0 Å². The Bertz CT molecular complexity index is 879. The van der Waals surface area contributed by atoms with Gasteiger partial charge in [0.1, 0.15) is 6.61 Å². The Morgan fingerprint density at radius 3 is 1.23 bits per heavy atom. The number of allylic oxidation sites excluding steroid dienone is 2. The predicted octanol–water partition coefficient (Wildman–Crippen LogP) is 14.1.